The number of anilines is 2. The molecule has 1 saturated carbocycles. The van der Waals surface area contributed by atoms with Crippen molar-refractivity contribution in [2.45, 2.75) is 44.4 Å². The molecule has 2 fully saturated rings. The van der Waals surface area contributed by atoms with Crippen molar-refractivity contribution in [1.29, 1.82) is 0 Å². The maximum Gasteiger partial charge on any atom is 0.298 e. The highest BCUT2D eigenvalue weighted by molar-refractivity contribution is 6.02. The summed E-state index contributed by atoms with van der Waals surface area (Å²) < 4.78 is 1.80. The molecule has 2 amide bonds. The fourth-order valence-corrected chi connectivity index (χ4v) is 5.18. The Morgan fingerprint density at radius 2 is 1.90 bits per heavy atom. The van der Waals surface area contributed by atoms with Gasteiger partial charge in [-0.25, -0.2) is 15.0 Å². The lowest BCUT2D eigenvalue weighted by molar-refractivity contribution is -0.126. The molecular formula is C29H28N8O2. The van der Waals surface area contributed by atoms with E-state index in [1.807, 2.05) is 18.2 Å². The van der Waals surface area contributed by atoms with Crippen LogP contribution in [-0.4, -0.2) is 54.1 Å². The second-order valence-electron chi connectivity index (χ2n) is 9.94. The Morgan fingerprint density at radius 1 is 1.05 bits per heavy atom. The molecule has 5 heterocycles. The molecule has 1 saturated heterocycles. The van der Waals surface area contributed by atoms with E-state index in [4.69, 9.17) is 10.7 Å². The van der Waals surface area contributed by atoms with Gasteiger partial charge in [0.15, 0.2) is 0 Å². The van der Waals surface area contributed by atoms with Crippen LogP contribution in [0.3, 0.4) is 0 Å². The lowest BCUT2D eigenvalue weighted by Gasteiger charge is -2.30. The van der Waals surface area contributed by atoms with Gasteiger partial charge in [-0.3, -0.25) is 19.0 Å². The van der Waals surface area contributed by atoms with Crippen LogP contribution in [0.15, 0.2) is 48.9 Å². The third-order valence-electron chi connectivity index (χ3n) is 7.27. The fourth-order valence-electron chi connectivity index (χ4n) is 5.18. The monoisotopic (exact) mass is 520 g/mol. The van der Waals surface area contributed by atoms with E-state index in [1.165, 1.54) is 18.4 Å². The number of hydrogen-bond acceptors (Lipinski definition) is 7. The first-order valence-electron chi connectivity index (χ1n) is 13.1. The molecule has 4 aromatic heterocycles. The minimum absolute atomic E-state index is 0.0313. The van der Waals surface area contributed by atoms with E-state index in [2.05, 4.69) is 32.1 Å². The Labute approximate surface area is 225 Å². The number of amides is 2. The molecule has 6 rings (SSSR count). The van der Waals surface area contributed by atoms with Gasteiger partial charge in [-0.15, -0.1) is 0 Å². The standard InChI is InChI=1S/C29H28N8O2/c1-2-4-25(38)36-14-3-5-21(17-36)26-23-11-13-32-29(30)37(23)27(35-26)20-8-9-22(33-16-20)28(39)34-24-15-19(10-12-31-24)18-6-7-18/h8-13,15-16,18,21H,3,5-7,14,17H2,1H3,(H2,30,32)(H,31,34,39). The van der Waals surface area contributed by atoms with E-state index in [0.717, 1.165) is 24.1 Å². The van der Waals surface area contributed by atoms with Crippen molar-refractivity contribution in [2.75, 3.05) is 24.1 Å². The van der Waals surface area contributed by atoms with Crippen LogP contribution in [0.1, 0.15) is 66.2 Å². The zero-order valence-corrected chi connectivity index (χ0v) is 21.6. The van der Waals surface area contributed by atoms with Gasteiger partial charge in [0.1, 0.15) is 17.3 Å². The van der Waals surface area contributed by atoms with E-state index >= 15 is 0 Å². The fraction of sp³-hybridized carbons (Fsp3) is 0.310. The Bertz CT molecular complexity index is 1630. The summed E-state index contributed by atoms with van der Waals surface area (Å²) in [5, 5.41) is 2.84. The summed E-state index contributed by atoms with van der Waals surface area (Å²) in [6, 6.07) is 9.26. The molecule has 0 spiro atoms. The van der Waals surface area contributed by atoms with Gasteiger partial charge in [0, 0.05) is 43.2 Å². The summed E-state index contributed by atoms with van der Waals surface area (Å²) in [5.74, 6) is 6.83. The minimum Gasteiger partial charge on any atom is -0.369 e. The Hall–Kier alpha value is -4.78. The van der Waals surface area contributed by atoms with Crippen molar-refractivity contribution in [3.63, 3.8) is 0 Å². The highest BCUT2D eigenvalue weighted by atomic mass is 16.2. The molecule has 1 unspecified atom stereocenters. The van der Waals surface area contributed by atoms with Crippen LogP contribution in [0.5, 0.6) is 0 Å². The normalized spacial score (nSPS) is 16.9. The smallest absolute Gasteiger partial charge is 0.298 e. The summed E-state index contributed by atoms with van der Waals surface area (Å²) in [5.41, 5.74) is 10.1. The molecule has 4 aromatic rings. The van der Waals surface area contributed by atoms with E-state index < -0.39 is 0 Å². The third kappa shape index (κ3) is 4.91. The number of nitrogens with two attached hydrogens (primary N) is 1. The zero-order chi connectivity index (χ0) is 26.9. The predicted octanol–water partition coefficient (Wildman–Crippen LogP) is 3.63. The van der Waals surface area contributed by atoms with Gasteiger partial charge in [0.05, 0.1) is 11.2 Å². The number of imidazole rings is 1. The van der Waals surface area contributed by atoms with E-state index in [-0.39, 0.29) is 23.4 Å². The maximum absolute atomic E-state index is 12.9. The quantitative estimate of drug-likeness (QED) is 0.384. The van der Waals surface area contributed by atoms with Gasteiger partial charge in [0.2, 0.25) is 5.95 Å². The van der Waals surface area contributed by atoms with Crippen LogP contribution in [0.25, 0.3) is 16.9 Å². The van der Waals surface area contributed by atoms with Crippen molar-refractivity contribution in [2.24, 2.45) is 0 Å². The molecule has 0 bridgehead atoms. The molecule has 10 nitrogen and oxygen atoms in total. The lowest BCUT2D eigenvalue weighted by atomic mass is 9.94. The number of nitrogens with zero attached hydrogens (tertiary/aromatic N) is 6. The topological polar surface area (TPSA) is 131 Å². The molecule has 1 atom stereocenters. The van der Waals surface area contributed by atoms with Crippen LogP contribution in [0, 0.1) is 11.8 Å². The van der Waals surface area contributed by atoms with E-state index in [1.54, 1.807) is 46.9 Å². The van der Waals surface area contributed by atoms with Gasteiger partial charge >= 0.3 is 0 Å². The number of fused-ring (bicyclic) bond motifs is 1. The predicted molar refractivity (Wildman–Crippen MR) is 147 cm³/mol. The number of nitrogens with one attached hydrogen (secondary N) is 1. The van der Waals surface area contributed by atoms with Crippen molar-refractivity contribution in [3.8, 4) is 23.2 Å². The number of aromatic nitrogens is 5. The van der Waals surface area contributed by atoms with Crippen molar-refractivity contribution in [3.05, 3.63) is 65.9 Å². The summed E-state index contributed by atoms with van der Waals surface area (Å²) >= 11 is 0. The van der Waals surface area contributed by atoms with Gasteiger partial charge in [0.25, 0.3) is 11.8 Å². The van der Waals surface area contributed by atoms with E-state index in [9.17, 15) is 9.59 Å². The highest BCUT2D eigenvalue weighted by Crippen LogP contribution is 2.40. The second kappa shape index (κ2) is 10.2. The lowest BCUT2D eigenvalue weighted by Crippen LogP contribution is -2.38. The number of rotatable bonds is 5. The molecule has 39 heavy (non-hydrogen) atoms. The number of carbonyl (C=O) groups is 2. The number of carbonyl (C=O) groups excluding carboxylic acids is 2. The Morgan fingerprint density at radius 3 is 2.67 bits per heavy atom. The number of pyridine rings is 2. The van der Waals surface area contributed by atoms with Crippen LogP contribution in [-0.2, 0) is 4.79 Å². The average molecular weight is 521 g/mol. The Kier molecular flexibility index (Phi) is 6.40. The van der Waals surface area contributed by atoms with Crippen molar-refractivity contribution >= 4 is 29.1 Å². The van der Waals surface area contributed by atoms with Crippen LogP contribution in [0.2, 0.25) is 0 Å². The summed E-state index contributed by atoms with van der Waals surface area (Å²) in [7, 11) is 0. The summed E-state index contributed by atoms with van der Waals surface area (Å²) in [4.78, 5) is 45.0. The van der Waals surface area contributed by atoms with Gasteiger partial charge in [-0.1, -0.05) is 5.92 Å². The first-order chi connectivity index (χ1) is 19.0. The number of hydrogen-bond donors (Lipinski definition) is 2. The van der Waals surface area contributed by atoms with Crippen LogP contribution in [0.4, 0.5) is 11.8 Å². The zero-order valence-electron chi connectivity index (χ0n) is 21.6. The minimum atomic E-state index is -0.334. The molecular weight excluding hydrogens is 492 g/mol. The highest BCUT2D eigenvalue weighted by Gasteiger charge is 2.29. The molecule has 3 N–H and O–H groups in total. The van der Waals surface area contributed by atoms with E-state index in [0.29, 0.717) is 42.2 Å². The number of nitrogen functional groups attached to an aromatic ring is 1. The van der Waals surface area contributed by atoms with Gasteiger partial charge < -0.3 is 16.0 Å². The van der Waals surface area contributed by atoms with Crippen molar-refractivity contribution in [1.82, 2.24) is 29.2 Å². The maximum atomic E-state index is 12.9. The molecule has 196 valence electrons. The number of piperidine rings is 1. The molecule has 0 radical (unpaired) electrons. The molecule has 1 aliphatic heterocycles. The number of likely N-dealkylation sites (tertiary alicyclic amines) is 1. The molecule has 1 aliphatic carbocycles. The molecule has 10 heteroatoms. The second-order valence-corrected chi connectivity index (χ2v) is 9.94. The largest absolute Gasteiger partial charge is 0.369 e. The Balaban J connectivity index is 1.27. The van der Waals surface area contributed by atoms with Crippen LogP contribution >= 0.6 is 0 Å². The first kappa shape index (κ1) is 24.6. The van der Waals surface area contributed by atoms with Gasteiger partial charge in [-0.05, 0) is 80.3 Å². The SMILES string of the molecule is CC#CC(=O)N1CCCC(c2nc(-c3ccc(C(=O)Nc4cc(C5CC5)ccn4)nc3)n3c(N)nccc23)C1. The summed E-state index contributed by atoms with van der Waals surface area (Å²) in [6.07, 6.45) is 9.10. The first-order valence-corrected chi connectivity index (χ1v) is 13.1. The van der Waals surface area contributed by atoms with Crippen molar-refractivity contribution < 1.29 is 9.59 Å². The van der Waals surface area contributed by atoms with Crippen LogP contribution < -0.4 is 11.1 Å². The average Bonchev–Trinajstić information content (AvgIpc) is 3.74. The molecule has 0 aromatic carbocycles. The molecule has 2 aliphatic rings. The van der Waals surface area contributed by atoms with Gasteiger partial charge in [-0.2, -0.15) is 0 Å². The summed E-state index contributed by atoms with van der Waals surface area (Å²) in [6.45, 7) is 2.88. The third-order valence-corrected chi connectivity index (χ3v) is 7.27.